The van der Waals surface area contributed by atoms with E-state index in [-0.39, 0.29) is 44.4 Å². The van der Waals surface area contributed by atoms with E-state index in [1.165, 1.54) is 0 Å². The molecule has 0 fully saturated rings. The second kappa shape index (κ2) is 21.0. The Bertz CT molecular complexity index is 1550. The van der Waals surface area contributed by atoms with Crippen LogP contribution in [0, 0.1) is 26.1 Å². The Hall–Kier alpha value is -5.39. The van der Waals surface area contributed by atoms with Gasteiger partial charge in [0.2, 0.25) is 18.5 Å². The second-order valence-corrected chi connectivity index (χ2v) is 12.2. The fraction of sp³-hybridized carbons (Fsp3) is 0.545. The van der Waals surface area contributed by atoms with Crippen LogP contribution in [0.25, 0.3) is 22.5 Å². The van der Waals surface area contributed by atoms with Crippen molar-refractivity contribution in [3.8, 4) is 22.5 Å². The molecule has 1 atom stereocenters. The zero-order chi connectivity index (χ0) is 37.2. The van der Waals surface area contributed by atoms with E-state index in [1.54, 1.807) is 0 Å². The fourth-order valence-corrected chi connectivity index (χ4v) is 5.33. The van der Waals surface area contributed by atoms with Crippen LogP contribution in [0.4, 0.5) is 4.79 Å². The topological polar surface area (TPSA) is 210 Å². The highest BCUT2D eigenvalue weighted by Gasteiger charge is 2.27. The van der Waals surface area contributed by atoms with Crippen LogP contribution in [-0.4, -0.2) is 98.1 Å². The molecule has 1 N–H and O–H groups in total. The van der Waals surface area contributed by atoms with Crippen LogP contribution >= 0.6 is 0 Å². The number of nitrogens with zero attached hydrogens (tertiary/aromatic N) is 8. The SMILES string of the molecule is CCCCC(=O)N(Cc1ccc(-c2ccccc2-c2nnn(COC(=O)NCCO[N+](=O)[O-])n2)cc1)[C@H](CN(C)CCCCO[N+](=O)[O-])C(C)C. The highest BCUT2D eigenvalue weighted by Crippen LogP contribution is 2.30. The lowest BCUT2D eigenvalue weighted by Gasteiger charge is -2.37. The van der Waals surface area contributed by atoms with Crippen LogP contribution in [0.15, 0.2) is 48.5 Å². The van der Waals surface area contributed by atoms with Crippen molar-refractivity contribution in [2.75, 3.05) is 39.9 Å². The quantitative estimate of drug-likeness (QED) is 0.0823. The number of carbonyl (C=O) groups is 2. The summed E-state index contributed by atoms with van der Waals surface area (Å²) >= 11 is 0. The van der Waals surface area contributed by atoms with Gasteiger partial charge in [-0.25, -0.2) is 4.79 Å². The van der Waals surface area contributed by atoms with Gasteiger partial charge in [0, 0.05) is 37.7 Å². The molecule has 0 radical (unpaired) electrons. The van der Waals surface area contributed by atoms with Crippen molar-refractivity contribution in [3.63, 3.8) is 0 Å². The first-order valence-electron chi connectivity index (χ1n) is 16.9. The number of alkyl carbamates (subject to hydrolysis) is 1. The number of tetrazole rings is 1. The summed E-state index contributed by atoms with van der Waals surface area (Å²) in [4.78, 5) is 59.9. The van der Waals surface area contributed by atoms with Gasteiger partial charge in [-0.3, -0.25) is 4.79 Å². The molecule has 3 aromatic rings. The molecule has 0 bridgehead atoms. The molecular formula is C33H47N9O9. The van der Waals surface area contributed by atoms with E-state index in [0.717, 1.165) is 47.3 Å². The third-order valence-corrected chi connectivity index (χ3v) is 7.98. The second-order valence-electron chi connectivity index (χ2n) is 12.2. The molecule has 2 amide bonds. The minimum atomic E-state index is -0.954. The molecular weight excluding hydrogens is 666 g/mol. The lowest BCUT2D eigenvalue weighted by Crippen LogP contribution is -2.48. The smallest absolute Gasteiger partial charge is 0.409 e. The van der Waals surface area contributed by atoms with Crippen LogP contribution in [0.1, 0.15) is 58.4 Å². The van der Waals surface area contributed by atoms with Crippen molar-refractivity contribution in [2.45, 2.75) is 72.2 Å². The van der Waals surface area contributed by atoms with E-state index in [1.807, 2.05) is 60.5 Å². The number of unbranched alkanes of at least 4 members (excludes halogenated alkanes) is 2. The minimum Gasteiger partial charge on any atom is -0.424 e. The van der Waals surface area contributed by atoms with E-state index in [9.17, 15) is 29.8 Å². The molecule has 2 aromatic carbocycles. The van der Waals surface area contributed by atoms with Gasteiger partial charge in [0.25, 0.3) is 10.2 Å². The van der Waals surface area contributed by atoms with Crippen molar-refractivity contribution in [2.24, 2.45) is 5.92 Å². The number of rotatable bonds is 23. The molecule has 0 unspecified atom stereocenters. The summed E-state index contributed by atoms with van der Waals surface area (Å²) in [6.07, 6.45) is 2.68. The van der Waals surface area contributed by atoms with Gasteiger partial charge in [-0.05, 0) is 60.7 Å². The zero-order valence-electron chi connectivity index (χ0n) is 29.5. The number of benzene rings is 2. The molecule has 0 saturated carbocycles. The first-order valence-corrected chi connectivity index (χ1v) is 16.9. The van der Waals surface area contributed by atoms with Gasteiger partial charge >= 0.3 is 6.09 Å². The Morgan fingerprint density at radius 2 is 1.65 bits per heavy atom. The lowest BCUT2D eigenvalue weighted by molar-refractivity contribution is -0.757. The summed E-state index contributed by atoms with van der Waals surface area (Å²) in [6.45, 7) is 7.45. The van der Waals surface area contributed by atoms with Gasteiger partial charge in [-0.2, -0.15) is 0 Å². The van der Waals surface area contributed by atoms with E-state index in [4.69, 9.17) is 4.74 Å². The molecule has 1 heterocycles. The summed E-state index contributed by atoms with van der Waals surface area (Å²) < 4.78 is 5.04. The summed E-state index contributed by atoms with van der Waals surface area (Å²) in [5.74, 6) is 0.621. The monoisotopic (exact) mass is 713 g/mol. The standard InChI is InChI=1S/C33H47N9O9/c1-5-6-13-31(43)39(30(25(2)3)23-38(4)19-9-10-20-50-41(45)46)22-26-14-16-27(17-15-26)28-11-7-8-12-29(28)32-35-37-40(36-32)24-49-33(44)34-18-21-51-42(47)48/h7-8,11-12,14-17,25,30H,5-6,9-10,13,18-24H2,1-4H3,(H,34,44)/t30-/m1/s1. The maximum absolute atomic E-state index is 13.6. The van der Waals surface area contributed by atoms with E-state index in [2.05, 4.69) is 56.1 Å². The number of nitrogens with one attached hydrogen (secondary N) is 1. The molecule has 18 heteroatoms. The molecule has 18 nitrogen and oxygen atoms in total. The van der Waals surface area contributed by atoms with E-state index < -0.39 is 16.3 Å². The number of hydrogen-bond donors (Lipinski definition) is 1. The Kier molecular flexibility index (Phi) is 16.5. The Balaban J connectivity index is 1.70. The fourth-order valence-electron chi connectivity index (χ4n) is 5.33. The van der Waals surface area contributed by atoms with Gasteiger partial charge < -0.3 is 29.5 Å². The largest absolute Gasteiger partial charge is 0.424 e. The van der Waals surface area contributed by atoms with Gasteiger partial charge in [-0.15, -0.1) is 35.2 Å². The first-order chi connectivity index (χ1) is 24.5. The number of likely N-dealkylation sites (N-methyl/N-ethyl adjacent to an activating group) is 1. The molecule has 0 spiro atoms. The van der Waals surface area contributed by atoms with Crippen LogP contribution in [0.5, 0.6) is 0 Å². The molecule has 0 saturated heterocycles. The summed E-state index contributed by atoms with van der Waals surface area (Å²) in [5.41, 5.74) is 3.45. The molecule has 51 heavy (non-hydrogen) atoms. The van der Waals surface area contributed by atoms with E-state index >= 15 is 0 Å². The van der Waals surface area contributed by atoms with Crippen molar-refractivity contribution in [3.05, 3.63) is 74.3 Å². The number of aromatic nitrogens is 4. The predicted molar refractivity (Wildman–Crippen MR) is 184 cm³/mol. The van der Waals surface area contributed by atoms with Crippen LogP contribution in [-0.2, 0) is 32.5 Å². The Morgan fingerprint density at radius 1 is 0.961 bits per heavy atom. The van der Waals surface area contributed by atoms with Gasteiger partial charge in [0.15, 0.2) is 0 Å². The van der Waals surface area contributed by atoms with Gasteiger partial charge in [-0.1, -0.05) is 75.7 Å². The summed E-state index contributed by atoms with van der Waals surface area (Å²) in [5, 5.41) is 33.7. The molecule has 0 aliphatic rings. The van der Waals surface area contributed by atoms with Gasteiger partial charge in [0.05, 0.1) is 6.61 Å². The van der Waals surface area contributed by atoms with Crippen LogP contribution in [0.2, 0.25) is 0 Å². The van der Waals surface area contributed by atoms with Crippen molar-refractivity contribution < 1.29 is 34.2 Å². The summed E-state index contributed by atoms with van der Waals surface area (Å²) in [7, 11) is 2.00. The lowest BCUT2D eigenvalue weighted by atomic mass is 9.97. The molecule has 0 aliphatic heterocycles. The molecule has 3 rings (SSSR count). The van der Waals surface area contributed by atoms with Crippen molar-refractivity contribution >= 4 is 12.0 Å². The zero-order valence-corrected chi connectivity index (χ0v) is 29.5. The number of ether oxygens (including phenoxy) is 1. The average molecular weight is 714 g/mol. The number of carbonyl (C=O) groups excluding carboxylic acids is 2. The Morgan fingerprint density at radius 3 is 2.31 bits per heavy atom. The predicted octanol–water partition coefficient (Wildman–Crippen LogP) is 4.36. The highest BCUT2D eigenvalue weighted by molar-refractivity contribution is 5.80. The van der Waals surface area contributed by atoms with Crippen molar-refractivity contribution in [1.82, 2.24) is 35.3 Å². The maximum Gasteiger partial charge on any atom is 0.409 e. The number of amides is 2. The van der Waals surface area contributed by atoms with Crippen molar-refractivity contribution in [1.29, 1.82) is 0 Å². The number of hydrogen-bond acceptors (Lipinski definition) is 13. The normalized spacial score (nSPS) is 11.6. The van der Waals surface area contributed by atoms with Crippen LogP contribution in [0.3, 0.4) is 0 Å². The third-order valence-electron chi connectivity index (χ3n) is 7.98. The Labute approximate surface area is 296 Å². The molecule has 1 aromatic heterocycles. The first kappa shape index (κ1) is 40.0. The van der Waals surface area contributed by atoms with Gasteiger partial charge in [0.1, 0.15) is 6.61 Å². The molecule has 0 aliphatic carbocycles. The summed E-state index contributed by atoms with van der Waals surface area (Å²) in [6, 6.07) is 15.5. The minimum absolute atomic E-state index is 0.0406. The molecule has 278 valence electrons. The van der Waals surface area contributed by atoms with E-state index in [0.29, 0.717) is 37.3 Å². The van der Waals surface area contributed by atoms with Crippen LogP contribution < -0.4 is 5.32 Å². The third kappa shape index (κ3) is 13.8. The average Bonchev–Trinajstić information content (AvgIpc) is 3.58. The highest BCUT2D eigenvalue weighted by atomic mass is 17.0. The maximum atomic E-state index is 13.6.